The number of para-hydroxylation sites is 1. The summed E-state index contributed by atoms with van der Waals surface area (Å²) < 4.78 is 10.4. The van der Waals surface area contributed by atoms with Crippen molar-refractivity contribution in [1.29, 1.82) is 0 Å². The van der Waals surface area contributed by atoms with Crippen molar-refractivity contribution >= 4 is 28.5 Å². The second kappa shape index (κ2) is 9.47. The number of carbonyl (C=O) groups excluding carboxylic acids is 1. The minimum atomic E-state index is -0.117. The van der Waals surface area contributed by atoms with Crippen LogP contribution in [0, 0.1) is 0 Å². The molecule has 3 aromatic rings. The van der Waals surface area contributed by atoms with E-state index in [-0.39, 0.29) is 5.97 Å². The minimum absolute atomic E-state index is 0.117. The number of hydrogen-bond donors (Lipinski definition) is 0. The van der Waals surface area contributed by atoms with Crippen LogP contribution in [-0.4, -0.2) is 19.7 Å². The maximum Gasteiger partial charge on any atom is 0.305 e. The summed E-state index contributed by atoms with van der Waals surface area (Å²) in [6.45, 7) is 2.28. The largest absolute Gasteiger partial charge is 0.496 e. The molecule has 0 aromatic heterocycles. The number of ether oxygens (including phenoxy) is 2. The predicted molar refractivity (Wildman–Crippen MR) is 111 cm³/mol. The molecule has 0 heterocycles. The van der Waals surface area contributed by atoms with E-state index < -0.39 is 0 Å². The van der Waals surface area contributed by atoms with Crippen molar-refractivity contribution in [1.82, 2.24) is 0 Å². The third-order valence-corrected chi connectivity index (χ3v) is 5.37. The van der Waals surface area contributed by atoms with Gasteiger partial charge in [-0.3, -0.25) is 4.79 Å². The average molecular weight is 381 g/mol. The number of hydrogen-bond acceptors (Lipinski definition) is 4. The smallest absolute Gasteiger partial charge is 0.305 e. The number of esters is 1. The number of rotatable bonds is 8. The van der Waals surface area contributed by atoms with Crippen molar-refractivity contribution in [2.75, 3.05) is 13.7 Å². The molecule has 0 aliphatic rings. The second-order valence-electron chi connectivity index (χ2n) is 6.25. The molecule has 0 aliphatic heterocycles. The molecule has 0 bridgehead atoms. The van der Waals surface area contributed by atoms with Gasteiger partial charge in [0.15, 0.2) is 0 Å². The van der Waals surface area contributed by atoms with Gasteiger partial charge in [-0.1, -0.05) is 48.2 Å². The molecule has 0 spiro atoms. The monoisotopic (exact) mass is 380 g/mol. The Bertz CT molecular complexity index is 920. The van der Waals surface area contributed by atoms with Crippen molar-refractivity contribution in [2.24, 2.45) is 0 Å². The minimum Gasteiger partial charge on any atom is -0.496 e. The molecule has 0 fully saturated rings. The fourth-order valence-electron chi connectivity index (χ4n) is 2.99. The highest BCUT2D eigenvalue weighted by molar-refractivity contribution is 7.99. The topological polar surface area (TPSA) is 35.5 Å². The van der Waals surface area contributed by atoms with E-state index >= 15 is 0 Å². The van der Waals surface area contributed by atoms with Crippen molar-refractivity contribution in [2.45, 2.75) is 36.0 Å². The van der Waals surface area contributed by atoms with E-state index in [2.05, 4.69) is 42.5 Å². The predicted octanol–water partition coefficient (Wildman–Crippen LogP) is 5.89. The van der Waals surface area contributed by atoms with Gasteiger partial charge in [0.25, 0.3) is 0 Å². The number of benzene rings is 3. The maximum atomic E-state index is 11.5. The van der Waals surface area contributed by atoms with E-state index in [0.717, 1.165) is 23.5 Å². The first kappa shape index (κ1) is 19.3. The van der Waals surface area contributed by atoms with Gasteiger partial charge < -0.3 is 9.47 Å². The van der Waals surface area contributed by atoms with Gasteiger partial charge in [0.1, 0.15) is 5.75 Å². The van der Waals surface area contributed by atoms with Crippen LogP contribution in [0.1, 0.15) is 25.3 Å². The van der Waals surface area contributed by atoms with Gasteiger partial charge in [-0.25, -0.2) is 0 Å². The number of carbonyl (C=O) groups is 1. The summed E-state index contributed by atoms with van der Waals surface area (Å²) in [7, 11) is 1.70. The normalized spacial score (nSPS) is 10.7. The highest BCUT2D eigenvalue weighted by Gasteiger charge is 2.06. The molecule has 27 heavy (non-hydrogen) atoms. The van der Waals surface area contributed by atoms with Crippen LogP contribution < -0.4 is 4.74 Å². The van der Waals surface area contributed by atoms with E-state index in [0.29, 0.717) is 13.0 Å². The molecule has 3 nitrogen and oxygen atoms in total. The lowest BCUT2D eigenvalue weighted by Gasteiger charge is -2.09. The van der Waals surface area contributed by atoms with Crippen molar-refractivity contribution in [3.63, 3.8) is 0 Å². The second-order valence-corrected chi connectivity index (χ2v) is 7.37. The molecule has 0 saturated heterocycles. The lowest BCUT2D eigenvalue weighted by atomic mass is 10.0. The molecule has 140 valence electrons. The van der Waals surface area contributed by atoms with Crippen LogP contribution >= 0.6 is 11.8 Å². The highest BCUT2D eigenvalue weighted by Crippen LogP contribution is 2.36. The first-order valence-corrected chi connectivity index (χ1v) is 10.0. The van der Waals surface area contributed by atoms with E-state index in [9.17, 15) is 4.79 Å². The van der Waals surface area contributed by atoms with Crippen LogP contribution in [0.5, 0.6) is 5.75 Å². The third kappa shape index (κ3) is 5.27. The van der Waals surface area contributed by atoms with Gasteiger partial charge in [0.05, 0.1) is 18.6 Å². The molecule has 3 rings (SSSR count). The van der Waals surface area contributed by atoms with Crippen LogP contribution in [0.15, 0.2) is 70.5 Å². The van der Waals surface area contributed by atoms with Gasteiger partial charge in [0.2, 0.25) is 0 Å². The average Bonchev–Trinajstić information content (AvgIpc) is 2.68. The lowest BCUT2D eigenvalue weighted by Crippen LogP contribution is -2.03. The van der Waals surface area contributed by atoms with Crippen LogP contribution in [0.4, 0.5) is 0 Å². The van der Waals surface area contributed by atoms with Crippen molar-refractivity contribution < 1.29 is 14.3 Å². The van der Waals surface area contributed by atoms with Crippen molar-refractivity contribution in [3.05, 3.63) is 66.2 Å². The summed E-state index contributed by atoms with van der Waals surface area (Å²) in [4.78, 5) is 13.8. The third-order valence-electron chi connectivity index (χ3n) is 4.32. The first-order valence-electron chi connectivity index (χ1n) is 9.19. The lowest BCUT2D eigenvalue weighted by molar-refractivity contribution is -0.143. The molecule has 0 N–H and O–H groups in total. The van der Waals surface area contributed by atoms with Crippen LogP contribution in [0.2, 0.25) is 0 Å². The summed E-state index contributed by atoms with van der Waals surface area (Å²) in [5.41, 5.74) is 1.24. The Kier molecular flexibility index (Phi) is 6.77. The molecule has 0 atom stereocenters. The molecular weight excluding hydrogens is 356 g/mol. The summed E-state index contributed by atoms with van der Waals surface area (Å²) in [6, 6.07) is 21.0. The quantitative estimate of drug-likeness (QED) is 0.457. The highest BCUT2D eigenvalue weighted by atomic mass is 32.2. The van der Waals surface area contributed by atoms with E-state index in [4.69, 9.17) is 9.47 Å². The summed E-state index contributed by atoms with van der Waals surface area (Å²) >= 11 is 1.70. The number of aryl methyl sites for hydroxylation is 1. The van der Waals surface area contributed by atoms with Gasteiger partial charge in [-0.05, 0) is 60.4 Å². The van der Waals surface area contributed by atoms with Gasteiger partial charge in [-0.15, -0.1) is 0 Å². The number of methoxy groups -OCH3 is 1. The molecule has 0 unspecified atom stereocenters. The fourth-order valence-corrected chi connectivity index (χ4v) is 3.97. The Morgan fingerprint density at radius 2 is 1.81 bits per heavy atom. The van der Waals surface area contributed by atoms with E-state index in [1.165, 1.54) is 21.2 Å². The molecular formula is C23H24O3S. The molecule has 0 radical (unpaired) electrons. The zero-order chi connectivity index (χ0) is 19.1. The first-order chi connectivity index (χ1) is 13.2. The van der Waals surface area contributed by atoms with E-state index in [1.807, 2.05) is 25.1 Å². The summed E-state index contributed by atoms with van der Waals surface area (Å²) in [6.07, 6.45) is 2.15. The number of fused-ring (bicyclic) bond motifs is 1. The van der Waals surface area contributed by atoms with Gasteiger partial charge >= 0.3 is 5.97 Å². The summed E-state index contributed by atoms with van der Waals surface area (Å²) in [5, 5.41) is 2.43. The molecule has 0 saturated carbocycles. The van der Waals surface area contributed by atoms with Gasteiger partial charge in [0, 0.05) is 11.3 Å². The Labute approximate surface area is 164 Å². The standard InChI is InChI=1S/C23H24O3S/c1-3-26-23(24)10-6-7-17-11-12-18-13-14-20(16-19(18)15-17)27-22-9-5-4-8-21(22)25-2/h4-5,8-9,11-16H,3,6-7,10H2,1-2H3. The zero-order valence-electron chi connectivity index (χ0n) is 15.7. The van der Waals surface area contributed by atoms with Crippen molar-refractivity contribution in [3.8, 4) is 5.75 Å². The Morgan fingerprint density at radius 1 is 1.00 bits per heavy atom. The summed E-state index contributed by atoms with van der Waals surface area (Å²) in [5.74, 6) is 0.768. The SMILES string of the molecule is CCOC(=O)CCCc1ccc2ccc(Sc3ccccc3OC)cc2c1. The molecule has 0 amide bonds. The molecule has 3 aromatic carbocycles. The van der Waals surface area contributed by atoms with Gasteiger partial charge in [-0.2, -0.15) is 0 Å². The van der Waals surface area contributed by atoms with E-state index in [1.54, 1.807) is 18.9 Å². The zero-order valence-corrected chi connectivity index (χ0v) is 16.6. The Balaban J connectivity index is 1.73. The van der Waals surface area contributed by atoms with Crippen LogP contribution in [0.3, 0.4) is 0 Å². The Morgan fingerprint density at radius 3 is 2.63 bits per heavy atom. The van der Waals surface area contributed by atoms with Crippen LogP contribution in [0.25, 0.3) is 10.8 Å². The van der Waals surface area contributed by atoms with Crippen LogP contribution in [-0.2, 0) is 16.0 Å². The molecule has 4 heteroatoms. The fraction of sp³-hybridized carbons (Fsp3) is 0.261. The Hall–Kier alpha value is -2.46. The maximum absolute atomic E-state index is 11.5. The molecule has 0 aliphatic carbocycles.